The van der Waals surface area contributed by atoms with Crippen LogP contribution in [0.25, 0.3) is 28.3 Å². The van der Waals surface area contributed by atoms with Gasteiger partial charge in [-0.3, -0.25) is 0 Å². The van der Waals surface area contributed by atoms with E-state index in [1.807, 2.05) is 0 Å². The second kappa shape index (κ2) is 7.69. The van der Waals surface area contributed by atoms with Crippen LogP contribution in [0.2, 0.25) is 0 Å². The number of hydrogen-bond acceptors (Lipinski definition) is 0. The summed E-state index contributed by atoms with van der Waals surface area (Å²) in [5, 5.41) is 0. The summed E-state index contributed by atoms with van der Waals surface area (Å²) < 4.78 is 113. The molecule has 0 saturated carbocycles. The third kappa shape index (κ3) is 3.39. The van der Waals surface area contributed by atoms with E-state index in [0.29, 0.717) is 5.56 Å². The lowest BCUT2D eigenvalue weighted by atomic mass is 9.96. The molecule has 0 nitrogen and oxygen atoms in total. The van der Waals surface area contributed by atoms with E-state index >= 15 is 0 Å². The maximum Gasteiger partial charge on any atom is 0.170 e. The summed E-state index contributed by atoms with van der Waals surface area (Å²) in [6.45, 7) is 1.73. The standard InChI is InChI=1S/C21H10F8/c1-2-3-9-4-6-10(7-5-9)13-18(26)20(28)15(21(29)19(13)27)14-16(24)11(22)8-12(23)17(14)25/h2-8H,1H3/b3-2+. The van der Waals surface area contributed by atoms with Crippen molar-refractivity contribution in [3.63, 3.8) is 0 Å². The van der Waals surface area contributed by atoms with Crippen LogP contribution in [0.4, 0.5) is 35.1 Å². The molecule has 3 aromatic carbocycles. The Morgan fingerprint density at radius 3 is 1.41 bits per heavy atom. The molecular formula is C21H10F8. The minimum absolute atomic E-state index is 0.197. The summed E-state index contributed by atoms with van der Waals surface area (Å²) in [5.74, 6) is -16.7. The summed E-state index contributed by atoms with van der Waals surface area (Å²) in [6, 6.07) is 4.99. The summed E-state index contributed by atoms with van der Waals surface area (Å²) in [5.41, 5.74) is -4.53. The third-order valence-electron chi connectivity index (χ3n) is 4.18. The largest absolute Gasteiger partial charge is 0.204 e. The van der Waals surface area contributed by atoms with E-state index < -0.39 is 63.2 Å². The fraction of sp³-hybridized carbons (Fsp3) is 0.0476. The molecule has 0 aromatic heterocycles. The lowest BCUT2D eigenvalue weighted by Crippen LogP contribution is -2.07. The highest BCUT2D eigenvalue weighted by Gasteiger charge is 2.32. The van der Waals surface area contributed by atoms with Crippen LogP contribution in [0.1, 0.15) is 12.5 Å². The van der Waals surface area contributed by atoms with Gasteiger partial charge in [0.05, 0.1) is 16.7 Å². The Balaban J connectivity index is 2.31. The Bertz CT molecular complexity index is 1080. The van der Waals surface area contributed by atoms with Crippen LogP contribution in [-0.2, 0) is 0 Å². The molecule has 0 N–H and O–H groups in total. The molecule has 29 heavy (non-hydrogen) atoms. The van der Waals surface area contributed by atoms with Gasteiger partial charge in [0, 0.05) is 6.07 Å². The van der Waals surface area contributed by atoms with Crippen molar-refractivity contribution < 1.29 is 35.1 Å². The Hall–Kier alpha value is -3.16. The zero-order chi connectivity index (χ0) is 21.5. The third-order valence-corrected chi connectivity index (χ3v) is 4.18. The highest BCUT2D eigenvalue weighted by molar-refractivity contribution is 5.74. The van der Waals surface area contributed by atoms with Gasteiger partial charge >= 0.3 is 0 Å². The van der Waals surface area contributed by atoms with Gasteiger partial charge in [-0.25, -0.2) is 35.1 Å². The first-order valence-corrected chi connectivity index (χ1v) is 8.11. The SMILES string of the molecule is C/C=C/c1ccc(-c2c(F)c(F)c(-c3c(F)c(F)cc(F)c3F)c(F)c2F)cc1. The van der Waals surface area contributed by atoms with Crippen molar-refractivity contribution in [3.05, 3.63) is 88.5 Å². The molecule has 8 heteroatoms. The van der Waals surface area contributed by atoms with Crippen LogP contribution in [0, 0.1) is 46.5 Å². The first-order chi connectivity index (χ1) is 13.7. The van der Waals surface area contributed by atoms with E-state index in [0.717, 1.165) is 0 Å². The summed E-state index contributed by atoms with van der Waals surface area (Å²) in [7, 11) is 0. The van der Waals surface area contributed by atoms with Gasteiger partial charge < -0.3 is 0 Å². The van der Waals surface area contributed by atoms with E-state index in [4.69, 9.17) is 0 Å². The van der Waals surface area contributed by atoms with E-state index in [1.54, 1.807) is 19.1 Å². The van der Waals surface area contributed by atoms with E-state index in [1.165, 1.54) is 24.3 Å². The number of halogens is 8. The van der Waals surface area contributed by atoms with E-state index in [9.17, 15) is 35.1 Å². The highest BCUT2D eigenvalue weighted by atomic mass is 19.2. The predicted octanol–water partition coefficient (Wildman–Crippen LogP) is 7.17. The molecule has 0 aliphatic rings. The molecule has 3 aromatic rings. The quantitative estimate of drug-likeness (QED) is 0.315. The highest BCUT2D eigenvalue weighted by Crippen LogP contribution is 2.39. The van der Waals surface area contributed by atoms with Gasteiger partial charge in [-0.2, -0.15) is 0 Å². The molecule has 0 aliphatic heterocycles. The lowest BCUT2D eigenvalue weighted by molar-refractivity contribution is 0.443. The zero-order valence-corrected chi connectivity index (χ0v) is 14.6. The Kier molecular flexibility index (Phi) is 5.46. The van der Waals surface area contributed by atoms with Crippen molar-refractivity contribution in [1.82, 2.24) is 0 Å². The van der Waals surface area contributed by atoms with Crippen LogP contribution in [0.3, 0.4) is 0 Å². The van der Waals surface area contributed by atoms with Crippen LogP contribution in [0.15, 0.2) is 36.4 Å². The Morgan fingerprint density at radius 2 is 0.966 bits per heavy atom. The normalized spacial score (nSPS) is 11.5. The Labute approximate surface area is 159 Å². The monoisotopic (exact) mass is 414 g/mol. The fourth-order valence-corrected chi connectivity index (χ4v) is 2.85. The van der Waals surface area contributed by atoms with Gasteiger partial charge in [0.2, 0.25) is 0 Å². The first-order valence-electron chi connectivity index (χ1n) is 8.11. The van der Waals surface area contributed by atoms with Gasteiger partial charge in [-0.05, 0) is 18.1 Å². The predicted molar refractivity (Wildman–Crippen MR) is 91.7 cm³/mol. The molecule has 0 aliphatic carbocycles. The summed E-state index contributed by atoms with van der Waals surface area (Å²) >= 11 is 0. The van der Waals surface area contributed by atoms with Gasteiger partial charge in [0.25, 0.3) is 0 Å². The van der Waals surface area contributed by atoms with Crippen molar-refractivity contribution >= 4 is 6.08 Å². The zero-order valence-electron chi connectivity index (χ0n) is 14.6. The molecule has 3 rings (SSSR count). The molecule has 0 unspecified atom stereocenters. The fourth-order valence-electron chi connectivity index (χ4n) is 2.85. The van der Waals surface area contributed by atoms with E-state index in [2.05, 4.69) is 0 Å². The number of benzene rings is 3. The molecular weight excluding hydrogens is 404 g/mol. The number of rotatable bonds is 3. The average Bonchev–Trinajstić information content (AvgIpc) is 2.69. The molecule has 0 atom stereocenters. The van der Waals surface area contributed by atoms with Gasteiger partial charge in [0.1, 0.15) is 0 Å². The lowest BCUT2D eigenvalue weighted by Gasteiger charge is -2.14. The summed E-state index contributed by atoms with van der Waals surface area (Å²) in [4.78, 5) is 0. The van der Waals surface area contributed by atoms with Crippen LogP contribution < -0.4 is 0 Å². The molecule has 0 fully saturated rings. The Morgan fingerprint density at radius 1 is 0.552 bits per heavy atom. The molecule has 0 saturated heterocycles. The summed E-state index contributed by atoms with van der Waals surface area (Å²) in [6.07, 6.45) is 3.34. The molecule has 150 valence electrons. The molecule has 0 bridgehead atoms. The van der Waals surface area contributed by atoms with E-state index in [-0.39, 0.29) is 11.6 Å². The number of hydrogen-bond donors (Lipinski definition) is 0. The second-order valence-electron chi connectivity index (χ2n) is 5.97. The maximum absolute atomic E-state index is 14.6. The smallest absolute Gasteiger partial charge is 0.170 e. The average molecular weight is 414 g/mol. The van der Waals surface area contributed by atoms with Crippen molar-refractivity contribution in [1.29, 1.82) is 0 Å². The first kappa shape index (κ1) is 20.6. The molecule has 0 radical (unpaired) electrons. The van der Waals surface area contributed by atoms with Crippen LogP contribution in [-0.4, -0.2) is 0 Å². The van der Waals surface area contributed by atoms with Crippen LogP contribution in [0.5, 0.6) is 0 Å². The van der Waals surface area contributed by atoms with Gasteiger partial charge in [0.15, 0.2) is 46.5 Å². The molecule has 0 amide bonds. The van der Waals surface area contributed by atoms with Gasteiger partial charge in [-0.1, -0.05) is 36.4 Å². The van der Waals surface area contributed by atoms with Crippen molar-refractivity contribution in [3.8, 4) is 22.3 Å². The van der Waals surface area contributed by atoms with Crippen molar-refractivity contribution in [2.45, 2.75) is 6.92 Å². The topological polar surface area (TPSA) is 0 Å². The minimum atomic E-state index is -2.20. The molecule has 0 spiro atoms. The van der Waals surface area contributed by atoms with Crippen LogP contribution >= 0.6 is 0 Å². The second-order valence-corrected chi connectivity index (χ2v) is 5.97. The maximum atomic E-state index is 14.6. The molecule has 0 heterocycles. The van der Waals surface area contributed by atoms with Gasteiger partial charge in [-0.15, -0.1) is 0 Å². The van der Waals surface area contributed by atoms with Crippen molar-refractivity contribution in [2.75, 3.05) is 0 Å². The van der Waals surface area contributed by atoms with Crippen molar-refractivity contribution in [2.24, 2.45) is 0 Å². The minimum Gasteiger partial charge on any atom is -0.204 e. The number of allylic oxidation sites excluding steroid dienone is 1.